The molecule has 0 aliphatic heterocycles. The van der Waals surface area contributed by atoms with Crippen LogP contribution in [-0.4, -0.2) is 49.3 Å². The van der Waals surface area contributed by atoms with Crippen LogP contribution < -0.4 is 5.73 Å². The second-order valence-corrected chi connectivity index (χ2v) is 17.1. The fourth-order valence-corrected chi connectivity index (χ4v) is 7.29. The van der Waals surface area contributed by atoms with Crippen molar-refractivity contribution >= 4 is 19.8 Å². The number of allylic oxidation sites excluding steroid dienone is 6. The van der Waals surface area contributed by atoms with Gasteiger partial charge in [0.2, 0.25) is 0 Å². The van der Waals surface area contributed by atoms with Crippen LogP contribution in [0.1, 0.15) is 219 Å². The van der Waals surface area contributed by atoms with Crippen molar-refractivity contribution in [3.8, 4) is 0 Å². The van der Waals surface area contributed by atoms with Crippen molar-refractivity contribution in [2.45, 2.75) is 225 Å². The van der Waals surface area contributed by atoms with Gasteiger partial charge in [-0.2, -0.15) is 0 Å². The molecule has 9 nitrogen and oxygen atoms in total. The monoisotopic (exact) mass is 826 g/mol. The fourth-order valence-electron chi connectivity index (χ4n) is 6.52. The van der Waals surface area contributed by atoms with Gasteiger partial charge in [-0.3, -0.25) is 18.6 Å². The summed E-state index contributed by atoms with van der Waals surface area (Å²) in [6, 6.07) is 0. The molecule has 0 radical (unpaired) electrons. The Kier molecular flexibility index (Phi) is 42.4. The lowest BCUT2D eigenvalue weighted by molar-refractivity contribution is -0.161. The summed E-state index contributed by atoms with van der Waals surface area (Å²) in [5.41, 5.74) is 5.35. The molecule has 0 aromatic rings. The Morgan fingerprint density at radius 3 is 1.39 bits per heavy atom. The molecule has 0 amide bonds. The number of hydrogen-bond acceptors (Lipinski definition) is 8. The van der Waals surface area contributed by atoms with Crippen LogP contribution in [0.2, 0.25) is 0 Å². The van der Waals surface area contributed by atoms with E-state index in [1.54, 1.807) is 0 Å². The molecular weight excluding hydrogens is 737 g/mol. The molecule has 0 heterocycles. The number of rotatable bonds is 44. The predicted molar refractivity (Wildman–Crippen MR) is 238 cm³/mol. The molecule has 334 valence electrons. The largest absolute Gasteiger partial charge is 0.472 e. The van der Waals surface area contributed by atoms with E-state index in [2.05, 4.69) is 50.3 Å². The van der Waals surface area contributed by atoms with E-state index in [1.165, 1.54) is 135 Å². The summed E-state index contributed by atoms with van der Waals surface area (Å²) in [5.74, 6) is -0.866. The minimum absolute atomic E-state index is 0.0478. The molecular formula is C47H88NO8P. The van der Waals surface area contributed by atoms with Gasteiger partial charge in [0.25, 0.3) is 0 Å². The average molecular weight is 826 g/mol. The van der Waals surface area contributed by atoms with Crippen LogP contribution in [0, 0.1) is 0 Å². The van der Waals surface area contributed by atoms with Gasteiger partial charge in [0, 0.05) is 19.4 Å². The topological polar surface area (TPSA) is 134 Å². The summed E-state index contributed by atoms with van der Waals surface area (Å²) in [4.78, 5) is 34.9. The zero-order valence-electron chi connectivity index (χ0n) is 36.8. The second-order valence-electron chi connectivity index (χ2n) is 15.6. The van der Waals surface area contributed by atoms with E-state index >= 15 is 0 Å². The lowest BCUT2D eigenvalue weighted by atomic mass is 10.0. The van der Waals surface area contributed by atoms with Crippen LogP contribution in [0.3, 0.4) is 0 Å². The number of phosphoric acid groups is 1. The summed E-state index contributed by atoms with van der Waals surface area (Å²) >= 11 is 0. The highest BCUT2D eigenvalue weighted by molar-refractivity contribution is 7.47. The molecule has 0 aromatic heterocycles. The summed E-state index contributed by atoms with van der Waals surface area (Å²) in [6.45, 7) is 3.68. The number of hydrogen-bond donors (Lipinski definition) is 2. The van der Waals surface area contributed by atoms with Gasteiger partial charge in [0.1, 0.15) is 6.61 Å². The number of carbonyl (C=O) groups is 2. The second kappa shape index (κ2) is 43.8. The highest BCUT2D eigenvalue weighted by Gasteiger charge is 2.26. The van der Waals surface area contributed by atoms with Gasteiger partial charge in [-0.1, -0.05) is 192 Å². The van der Waals surface area contributed by atoms with Crippen LogP contribution in [-0.2, 0) is 32.7 Å². The molecule has 57 heavy (non-hydrogen) atoms. The Hall–Kier alpha value is -1.77. The smallest absolute Gasteiger partial charge is 0.462 e. The third-order valence-corrected chi connectivity index (χ3v) is 11.0. The molecule has 0 bridgehead atoms. The standard InChI is InChI=1S/C47H88NO8P/c1-3-5-7-9-11-13-15-17-19-20-21-22-23-24-26-27-29-31-33-35-37-39-46(49)53-43-45(44-55-57(51,52)54-42-41-48)56-47(50)40-38-36-34-32-30-28-25-18-16-14-12-10-8-6-4-2/h12,14,18,25,30,32,45H,3-11,13,15-17,19-24,26-29,31,33-44,48H2,1-2H3,(H,51,52). The molecule has 0 aliphatic carbocycles. The van der Waals surface area contributed by atoms with Gasteiger partial charge >= 0.3 is 19.8 Å². The quantitative estimate of drug-likeness (QED) is 0.0266. The normalized spacial score (nSPS) is 13.5. The first-order valence-electron chi connectivity index (χ1n) is 23.5. The van der Waals surface area contributed by atoms with Crippen LogP contribution in [0.25, 0.3) is 0 Å². The van der Waals surface area contributed by atoms with Gasteiger partial charge in [0.15, 0.2) is 6.10 Å². The van der Waals surface area contributed by atoms with E-state index < -0.39 is 26.5 Å². The number of unbranched alkanes of at least 4 members (excludes halogenated alkanes) is 25. The molecule has 3 N–H and O–H groups in total. The van der Waals surface area contributed by atoms with Crippen LogP contribution in [0.15, 0.2) is 36.5 Å². The molecule has 2 atom stereocenters. The van der Waals surface area contributed by atoms with Crippen LogP contribution >= 0.6 is 7.82 Å². The number of esters is 2. The van der Waals surface area contributed by atoms with E-state index in [1.807, 2.05) is 0 Å². The van der Waals surface area contributed by atoms with Crippen molar-refractivity contribution in [1.29, 1.82) is 0 Å². The van der Waals surface area contributed by atoms with E-state index in [0.717, 1.165) is 51.4 Å². The van der Waals surface area contributed by atoms with Gasteiger partial charge in [-0.15, -0.1) is 0 Å². The molecule has 0 aliphatic rings. The first-order valence-corrected chi connectivity index (χ1v) is 25.0. The van der Waals surface area contributed by atoms with E-state index in [9.17, 15) is 19.0 Å². The minimum Gasteiger partial charge on any atom is -0.462 e. The summed E-state index contributed by atoms with van der Waals surface area (Å²) in [7, 11) is -4.39. The van der Waals surface area contributed by atoms with Crippen molar-refractivity contribution in [2.24, 2.45) is 5.73 Å². The van der Waals surface area contributed by atoms with Crippen molar-refractivity contribution < 1.29 is 37.6 Å². The Morgan fingerprint density at radius 2 is 0.912 bits per heavy atom. The van der Waals surface area contributed by atoms with Crippen molar-refractivity contribution in [3.05, 3.63) is 36.5 Å². The molecule has 10 heteroatoms. The van der Waals surface area contributed by atoms with Gasteiger partial charge in [0.05, 0.1) is 13.2 Å². The van der Waals surface area contributed by atoms with Crippen molar-refractivity contribution in [2.75, 3.05) is 26.4 Å². The fraction of sp³-hybridized carbons (Fsp3) is 0.830. The van der Waals surface area contributed by atoms with Gasteiger partial charge in [-0.25, -0.2) is 4.57 Å². The first kappa shape index (κ1) is 55.2. The maximum Gasteiger partial charge on any atom is 0.472 e. The lowest BCUT2D eigenvalue weighted by Gasteiger charge is -2.19. The molecule has 0 aromatic carbocycles. The zero-order valence-corrected chi connectivity index (χ0v) is 37.7. The molecule has 0 fully saturated rings. The Balaban J connectivity index is 4.09. The molecule has 0 spiro atoms. The minimum atomic E-state index is -4.39. The Morgan fingerprint density at radius 1 is 0.526 bits per heavy atom. The SMILES string of the molecule is CCCCCC=CCC=CCC=CCCCCC(=O)OC(COC(=O)CCCCCCCCCCCCCCCCCCCCCCC)COP(=O)(O)OCCN. The number of carbonyl (C=O) groups excluding carboxylic acids is 2. The number of phosphoric ester groups is 1. The predicted octanol–water partition coefficient (Wildman–Crippen LogP) is 13.7. The maximum atomic E-state index is 12.6. The van der Waals surface area contributed by atoms with E-state index in [-0.39, 0.29) is 38.6 Å². The first-order chi connectivity index (χ1) is 27.8. The van der Waals surface area contributed by atoms with Crippen molar-refractivity contribution in [1.82, 2.24) is 0 Å². The third-order valence-electron chi connectivity index (χ3n) is 10.0. The van der Waals surface area contributed by atoms with Crippen LogP contribution in [0.4, 0.5) is 0 Å². The van der Waals surface area contributed by atoms with Gasteiger partial charge in [-0.05, 0) is 51.4 Å². The highest BCUT2D eigenvalue weighted by Crippen LogP contribution is 2.43. The summed E-state index contributed by atoms with van der Waals surface area (Å²) in [5, 5.41) is 0. The Bertz CT molecular complexity index is 1030. The maximum absolute atomic E-state index is 12.6. The highest BCUT2D eigenvalue weighted by atomic mass is 31.2. The molecule has 0 saturated heterocycles. The summed E-state index contributed by atoms with van der Waals surface area (Å²) < 4.78 is 32.8. The van der Waals surface area contributed by atoms with E-state index in [0.29, 0.717) is 6.42 Å². The summed E-state index contributed by atoms with van der Waals surface area (Å²) in [6.07, 6.45) is 49.0. The van der Waals surface area contributed by atoms with E-state index in [4.69, 9.17) is 24.3 Å². The molecule has 0 saturated carbocycles. The Labute approximate surface area is 350 Å². The zero-order chi connectivity index (χ0) is 41.8. The van der Waals surface area contributed by atoms with Gasteiger partial charge < -0.3 is 20.1 Å². The lowest BCUT2D eigenvalue weighted by Crippen LogP contribution is -2.29. The van der Waals surface area contributed by atoms with Crippen LogP contribution in [0.5, 0.6) is 0 Å². The average Bonchev–Trinajstić information content (AvgIpc) is 3.20. The third kappa shape index (κ3) is 43.6. The number of nitrogens with two attached hydrogens (primary N) is 1. The number of ether oxygens (including phenoxy) is 2. The molecule has 0 rings (SSSR count). The molecule has 2 unspecified atom stereocenters. The van der Waals surface area contributed by atoms with Crippen molar-refractivity contribution in [3.63, 3.8) is 0 Å².